The number of carbonyl (C=O) groups is 1. The number of nitrogens with zero attached hydrogens (tertiary/aromatic N) is 3. The van der Waals surface area contributed by atoms with Crippen molar-refractivity contribution in [1.29, 1.82) is 0 Å². The predicted molar refractivity (Wildman–Crippen MR) is 91.8 cm³/mol. The zero-order chi connectivity index (χ0) is 18.9. The minimum atomic E-state index is -4.52. The third-order valence-corrected chi connectivity index (χ3v) is 4.07. The smallest absolute Gasteiger partial charge is 0.300 e. The summed E-state index contributed by atoms with van der Waals surface area (Å²) in [6.07, 6.45) is -2.64. The number of carbonyl (C=O) groups excluding carboxylic acids is 1. The van der Waals surface area contributed by atoms with Crippen LogP contribution < -0.4 is 0 Å². The minimum Gasteiger partial charge on any atom is -0.300 e. The van der Waals surface area contributed by atoms with Gasteiger partial charge in [0.1, 0.15) is 16.8 Å². The first-order valence-electron chi connectivity index (χ1n) is 7.74. The van der Waals surface area contributed by atoms with E-state index in [1.54, 1.807) is 6.07 Å². The lowest BCUT2D eigenvalue weighted by Crippen LogP contribution is -2.08. The predicted octanol–water partition coefficient (Wildman–Crippen LogP) is 4.89. The average Bonchev–Trinajstić information content (AvgIpc) is 2.59. The normalized spacial score (nSPS) is 11.7. The van der Waals surface area contributed by atoms with Crippen molar-refractivity contribution in [3.63, 3.8) is 0 Å². The van der Waals surface area contributed by atoms with Crippen molar-refractivity contribution in [2.75, 3.05) is 0 Å². The van der Waals surface area contributed by atoms with Crippen LogP contribution in [0.25, 0.3) is 22.2 Å². The molecule has 2 heterocycles. The van der Waals surface area contributed by atoms with Crippen molar-refractivity contribution in [2.45, 2.75) is 25.9 Å². The topological polar surface area (TPSA) is 55.7 Å². The summed E-state index contributed by atoms with van der Waals surface area (Å²) < 4.78 is 39.7. The van der Waals surface area contributed by atoms with Gasteiger partial charge in [-0.05, 0) is 31.2 Å². The molecule has 0 aliphatic carbocycles. The number of rotatable bonds is 4. The minimum absolute atomic E-state index is 0.0122. The molecule has 3 aromatic rings. The lowest BCUT2D eigenvalue weighted by molar-refractivity contribution is -0.137. The molecule has 1 aromatic carbocycles. The van der Waals surface area contributed by atoms with Gasteiger partial charge in [0, 0.05) is 30.0 Å². The summed E-state index contributed by atoms with van der Waals surface area (Å²) in [5.74, 6) is 0.355. The zero-order valence-corrected chi connectivity index (χ0v) is 14.4. The van der Waals surface area contributed by atoms with E-state index in [1.165, 1.54) is 31.3 Å². The van der Waals surface area contributed by atoms with Crippen LogP contribution in [0.5, 0.6) is 0 Å². The molecule has 0 atom stereocenters. The molecule has 134 valence electrons. The number of halogens is 4. The van der Waals surface area contributed by atoms with Gasteiger partial charge in [0.2, 0.25) is 0 Å². The zero-order valence-electron chi connectivity index (χ0n) is 13.6. The fourth-order valence-electron chi connectivity index (χ4n) is 2.55. The summed E-state index contributed by atoms with van der Waals surface area (Å²) in [6, 6.07) is 6.79. The van der Waals surface area contributed by atoms with Crippen LogP contribution in [0.3, 0.4) is 0 Å². The monoisotopic (exact) mass is 379 g/mol. The molecular formula is C18H13ClF3N3O. The van der Waals surface area contributed by atoms with Crippen LogP contribution in [-0.4, -0.2) is 20.7 Å². The third-order valence-electron chi connectivity index (χ3n) is 3.78. The molecule has 8 heteroatoms. The molecule has 0 aliphatic rings. The number of fused-ring (bicyclic) bond motifs is 1. The maximum absolute atomic E-state index is 13.2. The number of aromatic nitrogens is 3. The Balaban J connectivity index is 2.11. The summed E-state index contributed by atoms with van der Waals surface area (Å²) in [6.45, 7) is 1.46. The van der Waals surface area contributed by atoms with E-state index in [0.717, 1.165) is 6.07 Å². The second-order valence-corrected chi connectivity index (χ2v) is 6.12. The highest BCUT2D eigenvalue weighted by molar-refractivity contribution is 6.34. The molecule has 4 nitrogen and oxygen atoms in total. The van der Waals surface area contributed by atoms with Crippen LogP contribution >= 0.6 is 11.6 Å². The van der Waals surface area contributed by atoms with Gasteiger partial charge in [-0.15, -0.1) is 0 Å². The number of hydrogen-bond acceptors (Lipinski definition) is 4. The van der Waals surface area contributed by atoms with Gasteiger partial charge in [0.05, 0.1) is 16.8 Å². The lowest BCUT2D eigenvalue weighted by atomic mass is 10.0. The van der Waals surface area contributed by atoms with Gasteiger partial charge in [0.25, 0.3) is 0 Å². The Hall–Kier alpha value is -2.54. The summed E-state index contributed by atoms with van der Waals surface area (Å²) in [4.78, 5) is 23.5. The second-order valence-electron chi connectivity index (χ2n) is 5.76. The van der Waals surface area contributed by atoms with E-state index in [0.29, 0.717) is 23.1 Å². The SMILES string of the molecule is CC(=O)CCc1nc(Cl)c2ccc(-c3ncccc3C(F)(F)F)cc2n1. The summed E-state index contributed by atoms with van der Waals surface area (Å²) >= 11 is 6.15. The molecule has 0 N–H and O–H groups in total. The number of ketones is 1. The van der Waals surface area contributed by atoms with E-state index in [4.69, 9.17) is 11.6 Å². The quantitative estimate of drug-likeness (QED) is 0.606. The molecule has 3 rings (SSSR count). The van der Waals surface area contributed by atoms with Crippen molar-refractivity contribution in [3.8, 4) is 11.3 Å². The molecule has 0 aliphatic heterocycles. The number of pyridine rings is 1. The van der Waals surface area contributed by atoms with Crippen molar-refractivity contribution >= 4 is 28.3 Å². The standard InChI is InChI=1S/C18H13ClF3N3O/c1-10(26)4-7-15-24-14-9-11(5-6-12(14)17(19)25-15)16-13(18(20,21)22)3-2-8-23-16/h2-3,5-6,8-9H,4,7H2,1H3. The van der Waals surface area contributed by atoms with Crippen molar-refractivity contribution in [3.05, 3.63) is 53.1 Å². The van der Waals surface area contributed by atoms with Crippen LogP contribution in [0.4, 0.5) is 13.2 Å². The van der Waals surface area contributed by atoms with Crippen molar-refractivity contribution < 1.29 is 18.0 Å². The number of benzene rings is 1. The second kappa shape index (κ2) is 6.99. The maximum Gasteiger partial charge on any atom is 0.418 e. The summed E-state index contributed by atoms with van der Waals surface area (Å²) in [5, 5.41) is 0.712. The van der Waals surface area contributed by atoms with Gasteiger partial charge in [0.15, 0.2) is 0 Å². The molecule has 0 unspecified atom stereocenters. The largest absolute Gasteiger partial charge is 0.418 e. The number of aryl methyl sites for hydroxylation is 1. The Kier molecular flexibility index (Phi) is 4.91. The van der Waals surface area contributed by atoms with Gasteiger partial charge < -0.3 is 4.79 Å². The Morgan fingerprint density at radius 1 is 1.19 bits per heavy atom. The average molecular weight is 380 g/mol. The molecule has 2 aromatic heterocycles. The Morgan fingerprint density at radius 2 is 1.96 bits per heavy atom. The fraction of sp³-hybridized carbons (Fsp3) is 0.222. The van der Waals surface area contributed by atoms with Gasteiger partial charge in [-0.25, -0.2) is 9.97 Å². The first-order chi connectivity index (χ1) is 12.3. The van der Waals surface area contributed by atoms with E-state index in [2.05, 4.69) is 15.0 Å². The molecular weight excluding hydrogens is 367 g/mol. The van der Waals surface area contributed by atoms with E-state index in [1.807, 2.05) is 0 Å². The summed E-state index contributed by atoms with van der Waals surface area (Å²) in [7, 11) is 0. The molecule has 0 spiro atoms. The van der Waals surface area contributed by atoms with Gasteiger partial charge in [-0.1, -0.05) is 17.7 Å². The van der Waals surface area contributed by atoms with Crippen LogP contribution in [0.15, 0.2) is 36.5 Å². The van der Waals surface area contributed by atoms with E-state index < -0.39 is 11.7 Å². The van der Waals surface area contributed by atoms with Gasteiger partial charge in [-0.3, -0.25) is 4.98 Å². The molecule has 0 bridgehead atoms. The molecule has 0 saturated carbocycles. The van der Waals surface area contributed by atoms with E-state index in [9.17, 15) is 18.0 Å². The van der Waals surface area contributed by atoms with Gasteiger partial charge in [-0.2, -0.15) is 13.2 Å². The Bertz CT molecular complexity index is 989. The summed E-state index contributed by atoms with van der Waals surface area (Å²) in [5.41, 5.74) is -0.323. The number of Topliss-reactive ketones (excluding diaryl/α,β-unsaturated/α-hetero) is 1. The van der Waals surface area contributed by atoms with Crippen molar-refractivity contribution in [1.82, 2.24) is 15.0 Å². The lowest BCUT2D eigenvalue weighted by Gasteiger charge is -2.12. The van der Waals surface area contributed by atoms with Crippen LogP contribution in [0, 0.1) is 0 Å². The van der Waals surface area contributed by atoms with E-state index in [-0.39, 0.29) is 28.6 Å². The highest BCUT2D eigenvalue weighted by Gasteiger charge is 2.34. The molecule has 0 saturated heterocycles. The number of hydrogen-bond donors (Lipinski definition) is 0. The Labute approximate surface area is 152 Å². The molecule has 0 amide bonds. The van der Waals surface area contributed by atoms with Crippen LogP contribution in [-0.2, 0) is 17.4 Å². The van der Waals surface area contributed by atoms with Crippen molar-refractivity contribution in [2.24, 2.45) is 0 Å². The first-order valence-corrected chi connectivity index (χ1v) is 8.11. The van der Waals surface area contributed by atoms with Gasteiger partial charge >= 0.3 is 6.18 Å². The Morgan fingerprint density at radius 3 is 2.65 bits per heavy atom. The molecule has 0 radical (unpaired) electrons. The van der Waals surface area contributed by atoms with Crippen LogP contribution in [0.1, 0.15) is 24.7 Å². The molecule has 26 heavy (non-hydrogen) atoms. The highest BCUT2D eigenvalue weighted by atomic mass is 35.5. The first kappa shape index (κ1) is 18.3. The number of alkyl halides is 3. The highest BCUT2D eigenvalue weighted by Crippen LogP contribution is 2.36. The molecule has 0 fully saturated rings. The fourth-order valence-corrected chi connectivity index (χ4v) is 2.80. The third kappa shape index (κ3) is 3.83. The van der Waals surface area contributed by atoms with E-state index >= 15 is 0 Å². The maximum atomic E-state index is 13.2. The van der Waals surface area contributed by atoms with Crippen LogP contribution in [0.2, 0.25) is 5.15 Å².